The van der Waals surface area contributed by atoms with Crippen LogP contribution in [0.15, 0.2) is 18.2 Å². The maximum Gasteiger partial charge on any atom is 0.0642 e. The number of rotatable bonds is 5. The summed E-state index contributed by atoms with van der Waals surface area (Å²) in [5, 5.41) is 3.39. The molecule has 0 aromatic heterocycles. The molecular weight excluding hydrogens is 224 g/mol. The molecule has 3 heteroatoms. The molecule has 0 unspecified atom stereocenters. The zero-order valence-electron chi connectivity index (χ0n) is 11.2. The van der Waals surface area contributed by atoms with Crippen molar-refractivity contribution < 1.29 is 4.74 Å². The van der Waals surface area contributed by atoms with E-state index in [4.69, 9.17) is 10.5 Å². The Morgan fingerprint density at radius 2 is 2.06 bits per heavy atom. The molecule has 0 saturated heterocycles. The van der Waals surface area contributed by atoms with Crippen molar-refractivity contribution in [1.82, 2.24) is 0 Å². The minimum atomic E-state index is 0.488. The fourth-order valence-electron chi connectivity index (χ4n) is 2.49. The summed E-state index contributed by atoms with van der Waals surface area (Å²) in [5.74, 6) is 0. The summed E-state index contributed by atoms with van der Waals surface area (Å²) in [6.45, 7) is 3.67. The van der Waals surface area contributed by atoms with Crippen molar-refractivity contribution in [2.45, 2.75) is 45.1 Å². The van der Waals surface area contributed by atoms with Gasteiger partial charge in [0.15, 0.2) is 0 Å². The topological polar surface area (TPSA) is 47.3 Å². The van der Waals surface area contributed by atoms with Crippen LogP contribution in [-0.2, 0) is 4.74 Å². The van der Waals surface area contributed by atoms with Crippen LogP contribution in [0.1, 0.15) is 37.7 Å². The van der Waals surface area contributed by atoms with Gasteiger partial charge in [-0.3, -0.25) is 0 Å². The molecule has 1 fully saturated rings. The Morgan fingerprint density at radius 3 is 2.83 bits per heavy atom. The third-order valence-corrected chi connectivity index (χ3v) is 3.70. The lowest BCUT2D eigenvalue weighted by Gasteiger charge is -2.22. The van der Waals surface area contributed by atoms with Crippen LogP contribution in [0.2, 0.25) is 0 Å². The number of ether oxygens (including phenoxy) is 1. The molecule has 1 aromatic carbocycles. The summed E-state index contributed by atoms with van der Waals surface area (Å²) in [6, 6.07) is 5.97. The first-order valence-electron chi connectivity index (χ1n) is 6.98. The molecule has 0 heterocycles. The lowest BCUT2D eigenvalue weighted by molar-refractivity contribution is 0.0347. The van der Waals surface area contributed by atoms with Gasteiger partial charge in [-0.15, -0.1) is 0 Å². The first kappa shape index (κ1) is 13.2. The van der Waals surface area contributed by atoms with Crippen LogP contribution >= 0.6 is 0 Å². The molecule has 0 aliphatic heterocycles. The average molecular weight is 248 g/mol. The van der Waals surface area contributed by atoms with Crippen molar-refractivity contribution in [3.8, 4) is 0 Å². The van der Waals surface area contributed by atoms with E-state index in [1.807, 2.05) is 19.1 Å². The first-order chi connectivity index (χ1) is 8.77. The number of anilines is 2. The summed E-state index contributed by atoms with van der Waals surface area (Å²) in [6.07, 6.45) is 6.98. The van der Waals surface area contributed by atoms with Crippen LogP contribution in [0.3, 0.4) is 0 Å². The molecule has 1 saturated carbocycles. The van der Waals surface area contributed by atoms with E-state index in [-0.39, 0.29) is 0 Å². The molecule has 18 heavy (non-hydrogen) atoms. The molecule has 0 bridgehead atoms. The van der Waals surface area contributed by atoms with Crippen LogP contribution in [0.25, 0.3) is 0 Å². The Balaban J connectivity index is 1.70. The highest BCUT2D eigenvalue weighted by Crippen LogP contribution is 2.21. The Bertz CT molecular complexity index is 373. The smallest absolute Gasteiger partial charge is 0.0642 e. The molecule has 1 aliphatic carbocycles. The lowest BCUT2D eigenvalue weighted by atomic mass is 9.98. The van der Waals surface area contributed by atoms with Gasteiger partial charge in [0.25, 0.3) is 0 Å². The molecule has 0 amide bonds. The van der Waals surface area contributed by atoms with Crippen molar-refractivity contribution in [3.05, 3.63) is 23.8 Å². The van der Waals surface area contributed by atoms with Gasteiger partial charge in [0.05, 0.1) is 12.7 Å². The van der Waals surface area contributed by atoms with Crippen LogP contribution in [0.4, 0.5) is 11.4 Å². The number of hydrogen-bond donors (Lipinski definition) is 2. The van der Waals surface area contributed by atoms with E-state index in [0.29, 0.717) is 6.10 Å². The van der Waals surface area contributed by atoms with Gasteiger partial charge in [0.2, 0.25) is 0 Å². The summed E-state index contributed by atoms with van der Waals surface area (Å²) < 4.78 is 5.88. The van der Waals surface area contributed by atoms with Gasteiger partial charge in [-0.25, -0.2) is 0 Å². The average Bonchev–Trinajstić information content (AvgIpc) is 2.40. The fraction of sp³-hybridized carbons (Fsp3) is 0.600. The fourth-order valence-corrected chi connectivity index (χ4v) is 2.49. The van der Waals surface area contributed by atoms with E-state index < -0.39 is 0 Å². The Kier molecular flexibility index (Phi) is 4.88. The number of nitrogen functional groups attached to an aromatic ring is 1. The van der Waals surface area contributed by atoms with E-state index >= 15 is 0 Å². The van der Waals surface area contributed by atoms with Crippen LogP contribution < -0.4 is 11.1 Å². The molecule has 0 spiro atoms. The van der Waals surface area contributed by atoms with E-state index in [9.17, 15) is 0 Å². The Morgan fingerprint density at radius 1 is 1.28 bits per heavy atom. The van der Waals surface area contributed by atoms with Crippen molar-refractivity contribution in [2.24, 2.45) is 0 Å². The first-order valence-corrected chi connectivity index (χ1v) is 6.98. The molecule has 0 radical (unpaired) electrons. The van der Waals surface area contributed by atoms with E-state index in [1.165, 1.54) is 32.1 Å². The van der Waals surface area contributed by atoms with Gasteiger partial charge in [0, 0.05) is 17.9 Å². The van der Waals surface area contributed by atoms with Crippen molar-refractivity contribution in [1.29, 1.82) is 0 Å². The van der Waals surface area contributed by atoms with Crippen molar-refractivity contribution in [3.63, 3.8) is 0 Å². The monoisotopic (exact) mass is 248 g/mol. The lowest BCUT2D eigenvalue weighted by Crippen LogP contribution is -2.20. The van der Waals surface area contributed by atoms with E-state index in [0.717, 1.165) is 30.1 Å². The standard InChI is InChI=1S/C15H24N2O/c1-12-14(16)8-5-9-15(12)17-10-11-18-13-6-3-2-4-7-13/h5,8-9,13,17H,2-4,6-7,10-11,16H2,1H3. The number of nitrogens with one attached hydrogen (secondary N) is 1. The molecule has 1 aromatic rings. The zero-order chi connectivity index (χ0) is 12.8. The van der Waals surface area contributed by atoms with Gasteiger partial charge in [-0.05, 0) is 37.5 Å². The predicted molar refractivity (Wildman–Crippen MR) is 76.9 cm³/mol. The number of hydrogen-bond acceptors (Lipinski definition) is 3. The normalized spacial score (nSPS) is 16.7. The minimum absolute atomic E-state index is 0.488. The van der Waals surface area contributed by atoms with Crippen molar-refractivity contribution in [2.75, 3.05) is 24.2 Å². The molecule has 3 nitrogen and oxygen atoms in total. The quantitative estimate of drug-likeness (QED) is 0.620. The van der Waals surface area contributed by atoms with Gasteiger partial charge in [-0.2, -0.15) is 0 Å². The van der Waals surface area contributed by atoms with Gasteiger partial charge < -0.3 is 15.8 Å². The SMILES string of the molecule is Cc1c(N)cccc1NCCOC1CCCCC1. The second-order valence-electron chi connectivity index (χ2n) is 5.08. The minimum Gasteiger partial charge on any atom is -0.398 e. The van der Waals surface area contributed by atoms with Gasteiger partial charge in [0.1, 0.15) is 0 Å². The van der Waals surface area contributed by atoms with E-state index in [1.54, 1.807) is 0 Å². The third-order valence-electron chi connectivity index (χ3n) is 3.70. The summed E-state index contributed by atoms with van der Waals surface area (Å²) in [5.41, 5.74) is 8.95. The van der Waals surface area contributed by atoms with Gasteiger partial charge in [-0.1, -0.05) is 25.3 Å². The van der Waals surface area contributed by atoms with Crippen molar-refractivity contribution >= 4 is 11.4 Å². The molecule has 1 aliphatic rings. The largest absolute Gasteiger partial charge is 0.398 e. The second kappa shape index (κ2) is 6.64. The number of benzene rings is 1. The molecule has 0 atom stereocenters. The maximum absolute atomic E-state index is 5.88. The second-order valence-corrected chi connectivity index (χ2v) is 5.08. The summed E-state index contributed by atoms with van der Waals surface area (Å²) in [4.78, 5) is 0. The predicted octanol–water partition coefficient (Wildman–Crippen LogP) is 3.34. The molecule has 100 valence electrons. The van der Waals surface area contributed by atoms with Crippen LogP contribution in [0.5, 0.6) is 0 Å². The Hall–Kier alpha value is -1.22. The van der Waals surface area contributed by atoms with Gasteiger partial charge >= 0.3 is 0 Å². The summed E-state index contributed by atoms with van der Waals surface area (Å²) in [7, 11) is 0. The zero-order valence-corrected chi connectivity index (χ0v) is 11.2. The van der Waals surface area contributed by atoms with Crippen LogP contribution in [-0.4, -0.2) is 19.3 Å². The summed E-state index contributed by atoms with van der Waals surface area (Å²) >= 11 is 0. The molecule has 3 N–H and O–H groups in total. The van der Waals surface area contributed by atoms with Crippen LogP contribution in [0, 0.1) is 6.92 Å². The van der Waals surface area contributed by atoms with E-state index in [2.05, 4.69) is 11.4 Å². The highest BCUT2D eigenvalue weighted by Gasteiger charge is 2.13. The maximum atomic E-state index is 5.88. The molecule has 2 rings (SSSR count). The Labute approximate surface area is 110 Å². The third kappa shape index (κ3) is 3.64. The molecular formula is C15H24N2O. The highest BCUT2D eigenvalue weighted by molar-refractivity contribution is 5.62. The number of nitrogens with two attached hydrogens (primary N) is 1. The highest BCUT2D eigenvalue weighted by atomic mass is 16.5.